The van der Waals surface area contributed by atoms with Crippen LogP contribution < -0.4 is 0 Å². The van der Waals surface area contributed by atoms with E-state index in [0.717, 1.165) is 6.07 Å². The lowest BCUT2D eigenvalue weighted by Crippen LogP contribution is -1.97. The first-order valence-electron chi connectivity index (χ1n) is 4.02. The highest BCUT2D eigenvalue weighted by molar-refractivity contribution is 5.36. The van der Waals surface area contributed by atoms with Crippen molar-refractivity contribution in [3.8, 4) is 12.3 Å². The first-order chi connectivity index (χ1) is 6.66. The smallest absolute Gasteiger partial charge is 0.258 e. The molecule has 1 rings (SSSR count). The van der Waals surface area contributed by atoms with Crippen LogP contribution in [0.4, 0.5) is 10.1 Å². The second-order valence-corrected chi connectivity index (χ2v) is 2.71. The predicted octanol–water partition coefficient (Wildman–Crippen LogP) is 2.30. The number of benzene rings is 1. The average molecular weight is 193 g/mol. The third-order valence-electron chi connectivity index (χ3n) is 1.79. The number of hydrogen-bond donors (Lipinski definition) is 0. The van der Waals surface area contributed by atoms with E-state index in [2.05, 4.69) is 5.92 Å². The molecule has 0 spiro atoms. The molecule has 1 aromatic rings. The zero-order valence-corrected chi connectivity index (χ0v) is 7.37. The summed E-state index contributed by atoms with van der Waals surface area (Å²) in [6.07, 6.45) is 5.71. The molecule has 0 saturated heterocycles. The standard InChI is InChI=1S/C10H8FNO2/c1-2-3-5-8-6-4-7-9(10(8)11)12(13)14/h1,4,6-7H,3,5H2. The first kappa shape index (κ1) is 10.2. The summed E-state index contributed by atoms with van der Waals surface area (Å²) in [4.78, 5) is 9.63. The predicted molar refractivity (Wildman–Crippen MR) is 50.2 cm³/mol. The molecular weight excluding hydrogens is 185 g/mol. The number of terminal acetylenes is 1. The highest BCUT2D eigenvalue weighted by Gasteiger charge is 2.16. The zero-order chi connectivity index (χ0) is 10.6. The monoisotopic (exact) mass is 193 g/mol. The molecule has 0 N–H and O–H groups in total. The summed E-state index contributed by atoms with van der Waals surface area (Å²) in [6.45, 7) is 0. The molecule has 0 aliphatic carbocycles. The molecular formula is C10H8FNO2. The average Bonchev–Trinajstić information content (AvgIpc) is 2.16. The maximum atomic E-state index is 13.3. The van der Waals surface area contributed by atoms with E-state index in [1.807, 2.05) is 0 Å². The van der Waals surface area contributed by atoms with E-state index in [1.165, 1.54) is 12.1 Å². The van der Waals surface area contributed by atoms with Gasteiger partial charge in [-0.25, -0.2) is 0 Å². The largest absolute Gasteiger partial charge is 0.305 e. The number of hydrogen-bond acceptors (Lipinski definition) is 2. The molecule has 0 radical (unpaired) electrons. The van der Waals surface area contributed by atoms with Crippen molar-refractivity contribution < 1.29 is 9.31 Å². The van der Waals surface area contributed by atoms with Gasteiger partial charge in [-0.1, -0.05) is 12.1 Å². The van der Waals surface area contributed by atoms with Gasteiger partial charge in [-0.05, 0) is 12.0 Å². The van der Waals surface area contributed by atoms with Crippen molar-refractivity contribution in [2.45, 2.75) is 12.8 Å². The van der Waals surface area contributed by atoms with Gasteiger partial charge in [0.15, 0.2) is 0 Å². The Balaban J connectivity index is 3.02. The number of rotatable bonds is 3. The molecule has 0 saturated carbocycles. The summed E-state index contributed by atoms with van der Waals surface area (Å²) < 4.78 is 13.3. The fourth-order valence-electron chi connectivity index (χ4n) is 1.11. The van der Waals surface area contributed by atoms with Crippen LogP contribution in [0, 0.1) is 28.3 Å². The molecule has 72 valence electrons. The topological polar surface area (TPSA) is 43.1 Å². The van der Waals surface area contributed by atoms with Crippen LogP contribution in [-0.2, 0) is 6.42 Å². The van der Waals surface area contributed by atoms with E-state index in [4.69, 9.17) is 6.42 Å². The summed E-state index contributed by atoms with van der Waals surface area (Å²) in [5.41, 5.74) is -0.211. The number of aryl methyl sites for hydroxylation is 1. The molecule has 0 heterocycles. The molecule has 0 fully saturated rings. The van der Waals surface area contributed by atoms with Crippen molar-refractivity contribution in [2.75, 3.05) is 0 Å². The van der Waals surface area contributed by atoms with Gasteiger partial charge in [-0.3, -0.25) is 10.1 Å². The van der Waals surface area contributed by atoms with Crippen LogP contribution in [0.15, 0.2) is 18.2 Å². The normalized spacial score (nSPS) is 9.43. The molecule has 0 aromatic heterocycles. The number of nitro benzene ring substituents is 1. The minimum absolute atomic E-state index is 0.289. The van der Waals surface area contributed by atoms with Crippen LogP contribution in [-0.4, -0.2) is 4.92 Å². The molecule has 14 heavy (non-hydrogen) atoms. The highest BCUT2D eigenvalue weighted by atomic mass is 19.1. The number of nitrogens with zero attached hydrogens (tertiary/aromatic N) is 1. The summed E-state index contributed by atoms with van der Waals surface area (Å²) >= 11 is 0. The van der Waals surface area contributed by atoms with Gasteiger partial charge >= 0.3 is 5.69 Å². The van der Waals surface area contributed by atoms with Gasteiger partial charge < -0.3 is 0 Å². The second kappa shape index (κ2) is 4.38. The fourth-order valence-corrected chi connectivity index (χ4v) is 1.11. The van der Waals surface area contributed by atoms with E-state index in [-0.39, 0.29) is 5.56 Å². The Morgan fingerprint density at radius 1 is 1.57 bits per heavy atom. The van der Waals surface area contributed by atoms with E-state index in [9.17, 15) is 14.5 Å². The first-order valence-corrected chi connectivity index (χ1v) is 4.02. The van der Waals surface area contributed by atoms with Gasteiger partial charge in [0.1, 0.15) is 0 Å². The van der Waals surface area contributed by atoms with Gasteiger partial charge in [0.25, 0.3) is 0 Å². The molecule has 0 aliphatic heterocycles. The van der Waals surface area contributed by atoms with Gasteiger partial charge in [0.2, 0.25) is 5.82 Å². The molecule has 3 nitrogen and oxygen atoms in total. The Morgan fingerprint density at radius 3 is 2.86 bits per heavy atom. The van der Waals surface area contributed by atoms with Crippen molar-refractivity contribution in [2.24, 2.45) is 0 Å². The summed E-state index contributed by atoms with van der Waals surface area (Å²) in [5.74, 6) is 1.57. The Kier molecular flexibility index (Phi) is 3.19. The van der Waals surface area contributed by atoms with Gasteiger partial charge in [0, 0.05) is 12.5 Å². The third-order valence-corrected chi connectivity index (χ3v) is 1.79. The Hall–Kier alpha value is -1.89. The van der Waals surface area contributed by atoms with Crippen LogP contribution in [0.25, 0.3) is 0 Å². The third kappa shape index (κ3) is 2.07. The molecule has 0 aliphatic rings. The van der Waals surface area contributed by atoms with Crippen molar-refractivity contribution in [3.63, 3.8) is 0 Å². The molecule has 0 unspecified atom stereocenters. The van der Waals surface area contributed by atoms with Crippen molar-refractivity contribution in [3.05, 3.63) is 39.7 Å². The molecule has 1 aromatic carbocycles. The molecule has 0 atom stereocenters. The number of nitro groups is 1. The van der Waals surface area contributed by atoms with Crippen LogP contribution in [0.1, 0.15) is 12.0 Å². The Morgan fingerprint density at radius 2 is 2.29 bits per heavy atom. The quantitative estimate of drug-likeness (QED) is 0.420. The summed E-state index contributed by atoms with van der Waals surface area (Å²) in [5, 5.41) is 10.4. The minimum Gasteiger partial charge on any atom is -0.258 e. The lowest BCUT2D eigenvalue weighted by atomic mass is 10.1. The van der Waals surface area contributed by atoms with Crippen LogP contribution in [0.5, 0.6) is 0 Å². The van der Waals surface area contributed by atoms with Gasteiger partial charge in [0.05, 0.1) is 4.92 Å². The highest BCUT2D eigenvalue weighted by Crippen LogP contribution is 2.20. The minimum atomic E-state index is -0.784. The van der Waals surface area contributed by atoms with E-state index in [0.29, 0.717) is 12.8 Å². The molecule has 0 bridgehead atoms. The zero-order valence-electron chi connectivity index (χ0n) is 7.37. The van der Waals surface area contributed by atoms with E-state index >= 15 is 0 Å². The maximum Gasteiger partial charge on any atom is 0.305 e. The van der Waals surface area contributed by atoms with E-state index < -0.39 is 16.4 Å². The SMILES string of the molecule is C#CCCc1cccc([N+](=O)[O-])c1F. The summed E-state index contributed by atoms with van der Waals surface area (Å²) in [6, 6.07) is 4.08. The fraction of sp³-hybridized carbons (Fsp3) is 0.200. The lowest BCUT2D eigenvalue weighted by Gasteiger charge is -2.00. The van der Waals surface area contributed by atoms with Gasteiger partial charge in [-0.15, -0.1) is 12.3 Å². The Labute approximate surface area is 80.7 Å². The van der Waals surface area contributed by atoms with Gasteiger partial charge in [-0.2, -0.15) is 4.39 Å². The van der Waals surface area contributed by atoms with E-state index in [1.54, 1.807) is 0 Å². The lowest BCUT2D eigenvalue weighted by molar-refractivity contribution is -0.387. The maximum absolute atomic E-state index is 13.3. The van der Waals surface area contributed by atoms with Crippen molar-refractivity contribution in [1.82, 2.24) is 0 Å². The van der Waals surface area contributed by atoms with Crippen molar-refractivity contribution >= 4 is 5.69 Å². The van der Waals surface area contributed by atoms with Crippen LogP contribution in [0.2, 0.25) is 0 Å². The number of halogens is 1. The Bertz CT molecular complexity index is 396. The second-order valence-electron chi connectivity index (χ2n) is 2.71. The molecule has 0 amide bonds. The summed E-state index contributed by atoms with van der Waals surface area (Å²) in [7, 11) is 0. The molecule has 4 heteroatoms. The van der Waals surface area contributed by atoms with Crippen molar-refractivity contribution in [1.29, 1.82) is 0 Å². The van der Waals surface area contributed by atoms with Crippen LogP contribution >= 0.6 is 0 Å². The van der Waals surface area contributed by atoms with Crippen LogP contribution in [0.3, 0.4) is 0 Å².